The molecule has 0 spiro atoms. The van der Waals surface area contributed by atoms with Crippen molar-refractivity contribution in [2.75, 3.05) is 11.9 Å². The fourth-order valence-corrected chi connectivity index (χ4v) is 4.70. The zero-order chi connectivity index (χ0) is 23.8. The van der Waals surface area contributed by atoms with Crippen LogP contribution in [0.25, 0.3) is 11.2 Å². The lowest BCUT2D eigenvalue weighted by atomic mass is 10.1. The standard InChI is InChI=1S/C22H25ClFN5O5/c23-22-27-19(26-13-2-1-3-14(13)33-9-11-4-6-12(24)7-5-11)16-20(28-22)29(10-25-16)21-18(32)17(31)15(8-30)34-21/h4-7,10,13-15,17-18,21,30-32H,1-3,8-9H2,(H,26,27,28)/t13?,14-,15+,17+,18+,21+/m0/s1. The van der Waals surface area contributed by atoms with Crippen LogP contribution >= 0.6 is 11.6 Å². The highest BCUT2D eigenvalue weighted by atomic mass is 35.5. The zero-order valence-electron chi connectivity index (χ0n) is 18.1. The maximum Gasteiger partial charge on any atom is 0.226 e. The number of aliphatic hydroxyl groups excluding tert-OH is 3. The minimum absolute atomic E-state index is 0.0229. The van der Waals surface area contributed by atoms with Crippen molar-refractivity contribution in [1.82, 2.24) is 19.5 Å². The van der Waals surface area contributed by atoms with Crippen LogP contribution in [0.2, 0.25) is 5.28 Å². The molecule has 1 saturated carbocycles. The first-order valence-electron chi connectivity index (χ1n) is 11.1. The summed E-state index contributed by atoms with van der Waals surface area (Å²) in [4.78, 5) is 12.9. The molecule has 0 radical (unpaired) electrons. The molecule has 2 aliphatic rings. The summed E-state index contributed by atoms with van der Waals surface area (Å²) in [5, 5.41) is 33.2. The highest BCUT2D eigenvalue weighted by Gasteiger charge is 2.44. The first-order chi connectivity index (χ1) is 16.4. The lowest BCUT2D eigenvalue weighted by molar-refractivity contribution is -0.0511. The van der Waals surface area contributed by atoms with E-state index in [4.69, 9.17) is 21.1 Å². The molecule has 34 heavy (non-hydrogen) atoms. The molecular formula is C22H25ClFN5O5. The summed E-state index contributed by atoms with van der Waals surface area (Å²) in [5.41, 5.74) is 1.63. The van der Waals surface area contributed by atoms with E-state index in [2.05, 4.69) is 20.3 Å². The van der Waals surface area contributed by atoms with Crippen LogP contribution in [0.5, 0.6) is 0 Å². The van der Waals surface area contributed by atoms with Crippen LogP contribution < -0.4 is 5.32 Å². The molecule has 1 unspecified atom stereocenters. The lowest BCUT2D eigenvalue weighted by Crippen LogP contribution is -2.33. The molecule has 5 rings (SSSR count). The van der Waals surface area contributed by atoms with Crippen molar-refractivity contribution in [2.45, 2.75) is 62.6 Å². The Morgan fingerprint density at radius 3 is 2.71 bits per heavy atom. The van der Waals surface area contributed by atoms with E-state index in [9.17, 15) is 19.7 Å². The van der Waals surface area contributed by atoms with E-state index in [0.29, 0.717) is 23.6 Å². The van der Waals surface area contributed by atoms with Gasteiger partial charge in [-0.2, -0.15) is 9.97 Å². The van der Waals surface area contributed by atoms with Gasteiger partial charge in [-0.25, -0.2) is 9.37 Å². The molecule has 1 aliphatic carbocycles. The van der Waals surface area contributed by atoms with Crippen LogP contribution in [0.1, 0.15) is 31.1 Å². The number of hydrogen-bond acceptors (Lipinski definition) is 9. The molecule has 1 aromatic carbocycles. The molecule has 0 bridgehead atoms. The summed E-state index contributed by atoms with van der Waals surface area (Å²) in [6, 6.07) is 6.17. The second-order valence-electron chi connectivity index (χ2n) is 8.55. The third-order valence-electron chi connectivity index (χ3n) is 6.34. The molecule has 3 aromatic rings. The third-order valence-corrected chi connectivity index (χ3v) is 6.51. The molecule has 2 fully saturated rings. The second-order valence-corrected chi connectivity index (χ2v) is 8.89. The summed E-state index contributed by atoms with van der Waals surface area (Å²) in [5.74, 6) is 0.132. The number of nitrogens with one attached hydrogen (secondary N) is 1. The van der Waals surface area contributed by atoms with Gasteiger partial charge >= 0.3 is 0 Å². The fourth-order valence-electron chi connectivity index (χ4n) is 4.54. The quantitative estimate of drug-likeness (QED) is 0.363. The predicted molar refractivity (Wildman–Crippen MR) is 120 cm³/mol. The van der Waals surface area contributed by atoms with Crippen LogP contribution in [0.3, 0.4) is 0 Å². The summed E-state index contributed by atoms with van der Waals surface area (Å²) >= 11 is 6.20. The third kappa shape index (κ3) is 4.47. The molecule has 10 nitrogen and oxygen atoms in total. The molecule has 1 saturated heterocycles. The summed E-state index contributed by atoms with van der Waals surface area (Å²) in [6.45, 7) is -0.0756. The van der Waals surface area contributed by atoms with E-state index >= 15 is 0 Å². The molecule has 3 heterocycles. The minimum atomic E-state index is -1.28. The Morgan fingerprint density at radius 2 is 1.97 bits per heavy atom. The number of nitrogens with zero attached hydrogens (tertiary/aromatic N) is 4. The van der Waals surface area contributed by atoms with E-state index < -0.39 is 31.1 Å². The van der Waals surface area contributed by atoms with E-state index in [1.54, 1.807) is 12.1 Å². The SMILES string of the molecule is OC[C@H]1O[C@@H](n2cnc3c(NC4CCC[C@@H]4OCc4ccc(F)cc4)nc(Cl)nc32)[C@H](O)[C@@H]1O. The molecule has 0 amide bonds. The maximum atomic E-state index is 13.1. The first kappa shape index (κ1) is 23.3. The molecule has 1 aliphatic heterocycles. The van der Waals surface area contributed by atoms with Gasteiger partial charge in [0.05, 0.1) is 31.7 Å². The van der Waals surface area contributed by atoms with Gasteiger partial charge in [0.15, 0.2) is 23.2 Å². The van der Waals surface area contributed by atoms with Gasteiger partial charge in [-0.05, 0) is 48.6 Å². The molecule has 4 N–H and O–H groups in total. The molecular weight excluding hydrogens is 469 g/mol. The average Bonchev–Trinajstić information content (AvgIpc) is 3.52. The first-order valence-corrected chi connectivity index (χ1v) is 11.5. The van der Waals surface area contributed by atoms with Gasteiger partial charge in [-0.3, -0.25) is 4.57 Å². The Labute approximate surface area is 199 Å². The summed E-state index contributed by atoms with van der Waals surface area (Å²) in [6.07, 6.45) is -0.428. The average molecular weight is 494 g/mol. The van der Waals surface area contributed by atoms with Gasteiger partial charge < -0.3 is 30.1 Å². The van der Waals surface area contributed by atoms with Gasteiger partial charge in [0, 0.05) is 0 Å². The number of ether oxygens (including phenoxy) is 2. The van der Waals surface area contributed by atoms with E-state index in [-0.39, 0.29) is 23.2 Å². The van der Waals surface area contributed by atoms with Crippen LogP contribution in [-0.2, 0) is 16.1 Å². The Kier molecular flexibility index (Phi) is 6.65. The van der Waals surface area contributed by atoms with E-state index in [0.717, 1.165) is 24.8 Å². The number of anilines is 1. The molecule has 12 heteroatoms. The number of halogens is 2. The maximum absolute atomic E-state index is 13.1. The van der Waals surface area contributed by atoms with Gasteiger partial charge in [0.25, 0.3) is 0 Å². The number of aromatic nitrogens is 4. The van der Waals surface area contributed by atoms with Gasteiger partial charge in [-0.1, -0.05) is 12.1 Å². The topological polar surface area (TPSA) is 135 Å². The Morgan fingerprint density at radius 1 is 1.18 bits per heavy atom. The molecule has 6 atom stereocenters. The fraction of sp³-hybridized carbons (Fsp3) is 0.500. The number of aliphatic hydroxyl groups is 3. The van der Waals surface area contributed by atoms with Crippen molar-refractivity contribution in [2.24, 2.45) is 0 Å². The molecule has 182 valence electrons. The smallest absolute Gasteiger partial charge is 0.226 e. The van der Waals surface area contributed by atoms with Gasteiger partial charge in [0.2, 0.25) is 5.28 Å². The van der Waals surface area contributed by atoms with Crippen molar-refractivity contribution in [3.63, 3.8) is 0 Å². The second kappa shape index (κ2) is 9.68. The molecule has 2 aromatic heterocycles. The predicted octanol–water partition coefficient (Wildman–Crippen LogP) is 1.78. The van der Waals surface area contributed by atoms with Crippen molar-refractivity contribution >= 4 is 28.6 Å². The van der Waals surface area contributed by atoms with Crippen LogP contribution in [0, 0.1) is 5.82 Å². The van der Waals surface area contributed by atoms with Gasteiger partial charge in [0.1, 0.15) is 24.1 Å². The highest BCUT2D eigenvalue weighted by Crippen LogP contribution is 2.34. The number of hydrogen-bond donors (Lipinski definition) is 4. The summed E-state index contributed by atoms with van der Waals surface area (Å²) in [7, 11) is 0. The minimum Gasteiger partial charge on any atom is -0.394 e. The zero-order valence-corrected chi connectivity index (χ0v) is 18.8. The van der Waals surface area contributed by atoms with E-state index in [1.807, 2.05) is 0 Å². The lowest BCUT2D eigenvalue weighted by Gasteiger charge is -2.22. The number of benzene rings is 1. The number of imidazole rings is 1. The number of rotatable bonds is 7. The monoisotopic (exact) mass is 493 g/mol. The van der Waals surface area contributed by atoms with Crippen LogP contribution in [0.4, 0.5) is 10.2 Å². The van der Waals surface area contributed by atoms with E-state index in [1.165, 1.54) is 23.0 Å². The Balaban J connectivity index is 1.35. The van der Waals surface area contributed by atoms with Gasteiger partial charge in [-0.15, -0.1) is 0 Å². The normalized spacial score (nSPS) is 29.2. The van der Waals surface area contributed by atoms with Crippen LogP contribution in [-0.4, -0.2) is 71.9 Å². The van der Waals surface area contributed by atoms with Crippen molar-refractivity contribution in [1.29, 1.82) is 0 Å². The largest absolute Gasteiger partial charge is 0.394 e. The summed E-state index contributed by atoms with van der Waals surface area (Å²) < 4.78 is 26.3. The van der Waals surface area contributed by atoms with Crippen molar-refractivity contribution in [3.05, 3.63) is 47.3 Å². The number of fused-ring (bicyclic) bond motifs is 1. The Bertz CT molecular complexity index is 1150. The van der Waals surface area contributed by atoms with Crippen LogP contribution in [0.15, 0.2) is 30.6 Å². The van der Waals surface area contributed by atoms with Crippen molar-refractivity contribution < 1.29 is 29.2 Å². The van der Waals surface area contributed by atoms with Crippen molar-refractivity contribution in [3.8, 4) is 0 Å². The highest BCUT2D eigenvalue weighted by molar-refractivity contribution is 6.28. The Hall–Kier alpha value is -2.41.